The second kappa shape index (κ2) is 5.25. The van der Waals surface area contributed by atoms with Gasteiger partial charge < -0.3 is 10.5 Å². The Balaban J connectivity index is 1.95. The lowest BCUT2D eigenvalue weighted by molar-refractivity contribution is 0.138. The lowest BCUT2D eigenvalue weighted by atomic mass is 9.95. The number of ether oxygens (including phenoxy) is 1. The molecule has 2 N–H and O–H groups in total. The van der Waals surface area contributed by atoms with Crippen molar-refractivity contribution in [2.24, 2.45) is 5.73 Å². The average Bonchev–Trinajstić information content (AvgIpc) is 2.70. The predicted octanol–water partition coefficient (Wildman–Crippen LogP) is 4.19. The van der Waals surface area contributed by atoms with Gasteiger partial charge in [0.05, 0.1) is 6.04 Å². The molecule has 0 aliphatic carbocycles. The lowest BCUT2D eigenvalue weighted by Gasteiger charge is -2.16. The molecule has 1 aliphatic rings. The molecule has 0 fully saturated rings. The molecule has 2 nitrogen and oxygen atoms in total. The number of rotatable bonds is 2. The molecule has 0 bridgehead atoms. The SMILES string of the molecule is CC1(C)Cc2cc(C(N)c3ccc(F)cc3I)ccc2O1. The number of benzene rings is 2. The van der Waals surface area contributed by atoms with Gasteiger partial charge in [-0.3, -0.25) is 0 Å². The van der Waals surface area contributed by atoms with Crippen LogP contribution >= 0.6 is 22.6 Å². The van der Waals surface area contributed by atoms with Crippen LogP contribution in [0.5, 0.6) is 5.75 Å². The zero-order valence-electron chi connectivity index (χ0n) is 12.0. The molecule has 0 saturated heterocycles. The van der Waals surface area contributed by atoms with Crippen LogP contribution in [0.25, 0.3) is 0 Å². The van der Waals surface area contributed by atoms with Gasteiger partial charge in [0.2, 0.25) is 0 Å². The number of fused-ring (bicyclic) bond motifs is 1. The summed E-state index contributed by atoms with van der Waals surface area (Å²) in [6, 6.07) is 10.5. The van der Waals surface area contributed by atoms with Gasteiger partial charge in [0, 0.05) is 9.99 Å². The Morgan fingerprint density at radius 3 is 2.71 bits per heavy atom. The van der Waals surface area contributed by atoms with Gasteiger partial charge in [-0.25, -0.2) is 4.39 Å². The molecule has 4 heteroatoms. The minimum atomic E-state index is -0.258. The van der Waals surface area contributed by atoms with Crippen molar-refractivity contribution in [2.75, 3.05) is 0 Å². The van der Waals surface area contributed by atoms with E-state index in [1.165, 1.54) is 17.7 Å². The van der Waals surface area contributed by atoms with Gasteiger partial charge in [0.15, 0.2) is 0 Å². The summed E-state index contributed by atoms with van der Waals surface area (Å²) in [5.74, 6) is 0.698. The van der Waals surface area contributed by atoms with Crippen molar-refractivity contribution >= 4 is 22.6 Å². The van der Waals surface area contributed by atoms with Gasteiger partial charge in [0.1, 0.15) is 17.2 Å². The first-order valence-corrected chi connectivity index (χ1v) is 7.96. The highest BCUT2D eigenvalue weighted by Crippen LogP contribution is 2.37. The summed E-state index contributed by atoms with van der Waals surface area (Å²) in [5, 5.41) is 0. The molecule has 2 aromatic rings. The average molecular weight is 397 g/mol. The summed E-state index contributed by atoms with van der Waals surface area (Å²) in [5.41, 5.74) is 9.36. The quantitative estimate of drug-likeness (QED) is 0.772. The summed E-state index contributed by atoms with van der Waals surface area (Å²) >= 11 is 2.13. The third kappa shape index (κ3) is 2.92. The van der Waals surface area contributed by atoms with Crippen molar-refractivity contribution in [2.45, 2.75) is 31.9 Å². The first-order chi connectivity index (χ1) is 9.85. The van der Waals surface area contributed by atoms with Crippen molar-refractivity contribution in [1.82, 2.24) is 0 Å². The molecule has 2 aromatic carbocycles. The Bertz CT molecular complexity index is 699. The molecule has 21 heavy (non-hydrogen) atoms. The minimum Gasteiger partial charge on any atom is -0.487 e. The van der Waals surface area contributed by atoms with E-state index in [1.54, 1.807) is 6.07 Å². The Morgan fingerprint density at radius 1 is 1.24 bits per heavy atom. The molecule has 0 spiro atoms. The van der Waals surface area contributed by atoms with Crippen LogP contribution < -0.4 is 10.5 Å². The van der Waals surface area contributed by atoms with E-state index in [0.717, 1.165) is 26.9 Å². The molecule has 110 valence electrons. The maximum Gasteiger partial charge on any atom is 0.124 e. The fourth-order valence-electron chi connectivity index (χ4n) is 2.76. The third-order valence-corrected chi connectivity index (χ3v) is 4.68. The highest BCUT2D eigenvalue weighted by Gasteiger charge is 2.30. The van der Waals surface area contributed by atoms with Crippen LogP contribution in [0, 0.1) is 9.39 Å². The van der Waals surface area contributed by atoms with E-state index in [9.17, 15) is 4.39 Å². The molecule has 0 aromatic heterocycles. The first-order valence-electron chi connectivity index (χ1n) is 6.88. The Labute approximate surface area is 137 Å². The van der Waals surface area contributed by atoms with Crippen molar-refractivity contribution in [3.05, 3.63) is 62.5 Å². The van der Waals surface area contributed by atoms with Gasteiger partial charge in [-0.2, -0.15) is 0 Å². The standard InChI is InChI=1S/C17H17FINO/c1-17(2)9-11-7-10(3-6-15(11)21-17)16(20)13-5-4-12(18)8-14(13)19/h3-8,16H,9,20H2,1-2H3. The zero-order chi connectivity index (χ0) is 15.2. The molecule has 0 saturated carbocycles. The third-order valence-electron chi connectivity index (χ3n) is 3.74. The Morgan fingerprint density at radius 2 is 2.00 bits per heavy atom. The molecule has 1 aliphatic heterocycles. The second-order valence-electron chi connectivity index (χ2n) is 6.05. The fourth-order valence-corrected chi connectivity index (χ4v) is 3.57. The first kappa shape index (κ1) is 14.8. The molecule has 0 radical (unpaired) electrons. The number of hydrogen-bond acceptors (Lipinski definition) is 2. The van der Waals surface area contributed by atoms with Crippen LogP contribution in [0.4, 0.5) is 4.39 Å². The van der Waals surface area contributed by atoms with Gasteiger partial charge in [0.25, 0.3) is 0 Å². The predicted molar refractivity (Wildman–Crippen MR) is 90.0 cm³/mol. The van der Waals surface area contributed by atoms with Crippen LogP contribution in [0.15, 0.2) is 36.4 Å². The van der Waals surface area contributed by atoms with E-state index in [4.69, 9.17) is 10.5 Å². The number of hydrogen-bond donors (Lipinski definition) is 1. The van der Waals surface area contributed by atoms with Crippen LogP contribution in [-0.4, -0.2) is 5.60 Å². The highest BCUT2D eigenvalue weighted by molar-refractivity contribution is 14.1. The van der Waals surface area contributed by atoms with Gasteiger partial charge in [-0.15, -0.1) is 0 Å². The maximum absolute atomic E-state index is 13.2. The molecular formula is C17H17FINO. The fraction of sp³-hybridized carbons (Fsp3) is 0.294. The van der Waals surface area contributed by atoms with Crippen LogP contribution in [0.1, 0.15) is 36.6 Å². The summed E-state index contributed by atoms with van der Waals surface area (Å²) in [6.07, 6.45) is 0.878. The summed E-state index contributed by atoms with van der Waals surface area (Å²) < 4.78 is 19.9. The molecule has 1 unspecified atom stereocenters. The number of nitrogens with two attached hydrogens (primary N) is 1. The molecule has 3 rings (SSSR count). The molecular weight excluding hydrogens is 380 g/mol. The van der Waals surface area contributed by atoms with Crippen molar-refractivity contribution in [1.29, 1.82) is 0 Å². The van der Waals surface area contributed by atoms with E-state index in [0.29, 0.717) is 0 Å². The monoisotopic (exact) mass is 397 g/mol. The van der Waals surface area contributed by atoms with Crippen molar-refractivity contribution in [3.63, 3.8) is 0 Å². The van der Waals surface area contributed by atoms with E-state index in [1.807, 2.05) is 12.1 Å². The smallest absolute Gasteiger partial charge is 0.124 e. The van der Waals surface area contributed by atoms with Crippen molar-refractivity contribution < 1.29 is 9.13 Å². The minimum absolute atomic E-state index is 0.157. The zero-order valence-corrected chi connectivity index (χ0v) is 14.1. The summed E-state index contributed by atoms with van der Waals surface area (Å²) in [6.45, 7) is 4.16. The van der Waals surface area contributed by atoms with Gasteiger partial charge in [-0.1, -0.05) is 18.2 Å². The molecule has 0 amide bonds. The Kier molecular flexibility index (Phi) is 3.69. The van der Waals surface area contributed by atoms with Gasteiger partial charge in [-0.05, 0) is 71.3 Å². The topological polar surface area (TPSA) is 35.2 Å². The van der Waals surface area contributed by atoms with E-state index in [2.05, 4.69) is 42.5 Å². The largest absolute Gasteiger partial charge is 0.487 e. The normalized spacial score (nSPS) is 17.2. The van der Waals surface area contributed by atoms with E-state index >= 15 is 0 Å². The van der Waals surface area contributed by atoms with Crippen LogP contribution in [0.2, 0.25) is 0 Å². The second-order valence-corrected chi connectivity index (χ2v) is 7.21. The van der Waals surface area contributed by atoms with Gasteiger partial charge >= 0.3 is 0 Å². The lowest BCUT2D eigenvalue weighted by Crippen LogP contribution is -2.24. The molecule has 1 heterocycles. The van der Waals surface area contributed by atoms with Crippen molar-refractivity contribution in [3.8, 4) is 5.75 Å². The number of halogens is 2. The highest BCUT2D eigenvalue weighted by atomic mass is 127. The summed E-state index contributed by atoms with van der Waals surface area (Å²) in [7, 11) is 0. The van der Waals surface area contributed by atoms with E-state index in [-0.39, 0.29) is 17.5 Å². The maximum atomic E-state index is 13.2. The van der Waals surface area contributed by atoms with E-state index < -0.39 is 0 Å². The summed E-state index contributed by atoms with van der Waals surface area (Å²) in [4.78, 5) is 0. The molecule has 1 atom stereocenters. The van der Waals surface area contributed by atoms with Crippen LogP contribution in [0.3, 0.4) is 0 Å². The van der Waals surface area contributed by atoms with Crippen LogP contribution in [-0.2, 0) is 6.42 Å². The Hall–Kier alpha value is -1.14.